The number of hydrogen-bond acceptors (Lipinski definition) is 3. The number of nitrogens with one attached hydrogen (secondary N) is 1. The summed E-state index contributed by atoms with van der Waals surface area (Å²) in [5.74, 6) is 0.208. The lowest BCUT2D eigenvalue weighted by Gasteiger charge is -2.30. The standard InChI is InChI=1S/C15H23N3O/c1-10(11-6-3-2-4-7-11)18-14-12(15(17)19)8-5-9-13(14)16/h5,8-11,18H,2-4,6-7,16H2,1H3,(H2,17,19). The number of nitrogen functional groups attached to an aromatic ring is 1. The largest absolute Gasteiger partial charge is 0.397 e. The van der Waals surface area contributed by atoms with E-state index >= 15 is 0 Å². The first-order valence-electron chi connectivity index (χ1n) is 7.04. The summed E-state index contributed by atoms with van der Waals surface area (Å²) in [7, 11) is 0. The van der Waals surface area contributed by atoms with Gasteiger partial charge in [-0.05, 0) is 37.8 Å². The van der Waals surface area contributed by atoms with Crippen molar-refractivity contribution < 1.29 is 4.79 Å². The van der Waals surface area contributed by atoms with Crippen LogP contribution in [0.3, 0.4) is 0 Å². The molecule has 4 nitrogen and oxygen atoms in total. The maximum absolute atomic E-state index is 11.5. The molecule has 0 radical (unpaired) electrons. The quantitative estimate of drug-likeness (QED) is 0.729. The van der Waals surface area contributed by atoms with Crippen LogP contribution in [0.4, 0.5) is 11.4 Å². The molecule has 1 amide bonds. The predicted octanol–water partition coefficient (Wildman–Crippen LogP) is 2.75. The van der Waals surface area contributed by atoms with Crippen molar-refractivity contribution in [2.75, 3.05) is 11.1 Å². The SMILES string of the molecule is CC(Nc1c(N)cccc1C(N)=O)C1CCCCC1. The lowest BCUT2D eigenvalue weighted by Crippen LogP contribution is -2.29. The van der Waals surface area contributed by atoms with Crippen molar-refractivity contribution in [2.24, 2.45) is 11.7 Å². The number of nitrogens with two attached hydrogens (primary N) is 2. The molecule has 0 aromatic heterocycles. The molecular weight excluding hydrogens is 238 g/mol. The third kappa shape index (κ3) is 3.19. The van der Waals surface area contributed by atoms with Crippen LogP contribution < -0.4 is 16.8 Å². The van der Waals surface area contributed by atoms with Crippen molar-refractivity contribution in [2.45, 2.75) is 45.1 Å². The zero-order valence-corrected chi connectivity index (χ0v) is 11.5. The highest BCUT2D eigenvalue weighted by Crippen LogP contribution is 2.30. The number of anilines is 2. The molecule has 2 rings (SSSR count). The summed E-state index contributed by atoms with van der Waals surface area (Å²) in [6.45, 7) is 2.16. The van der Waals surface area contributed by atoms with Gasteiger partial charge in [-0.3, -0.25) is 4.79 Å². The molecule has 0 saturated heterocycles. The molecule has 1 unspecified atom stereocenters. The second kappa shape index (κ2) is 5.95. The Labute approximate surface area is 114 Å². The molecule has 104 valence electrons. The summed E-state index contributed by atoms with van der Waals surface area (Å²) >= 11 is 0. The van der Waals surface area contributed by atoms with Crippen LogP contribution in [0.2, 0.25) is 0 Å². The minimum Gasteiger partial charge on any atom is -0.397 e. The van der Waals surface area contributed by atoms with E-state index in [1.807, 2.05) is 0 Å². The number of amides is 1. The Balaban J connectivity index is 2.15. The maximum Gasteiger partial charge on any atom is 0.250 e. The van der Waals surface area contributed by atoms with E-state index in [2.05, 4.69) is 12.2 Å². The summed E-state index contributed by atoms with van der Waals surface area (Å²) in [6.07, 6.45) is 6.41. The van der Waals surface area contributed by atoms with E-state index in [9.17, 15) is 4.79 Å². The van der Waals surface area contributed by atoms with Crippen LogP contribution in [0.15, 0.2) is 18.2 Å². The molecule has 1 fully saturated rings. The van der Waals surface area contributed by atoms with Gasteiger partial charge in [-0.1, -0.05) is 25.3 Å². The summed E-state index contributed by atoms with van der Waals surface area (Å²) < 4.78 is 0. The van der Waals surface area contributed by atoms with Gasteiger partial charge >= 0.3 is 0 Å². The Bertz CT molecular complexity index is 453. The average Bonchev–Trinajstić information content (AvgIpc) is 2.41. The van der Waals surface area contributed by atoms with E-state index in [4.69, 9.17) is 11.5 Å². The fourth-order valence-electron chi connectivity index (χ4n) is 2.92. The Morgan fingerprint density at radius 2 is 2.00 bits per heavy atom. The normalized spacial score (nSPS) is 17.9. The molecule has 1 atom stereocenters. The summed E-state index contributed by atoms with van der Waals surface area (Å²) in [4.78, 5) is 11.5. The Morgan fingerprint density at radius 3 is 2.63 bits per heavy atom. The zero-order chi connectivity index (χ0) is 13.8. The lowest BCUT2D eigenvalue weighted by molar-refractivity contribution is 0.100. The summed E-state index contributed by atoms with van der Waals surface area (Å²) in [5, 5.41) is 3.40. The van der Waals surface area contributed by atoms with E-state index in [0.717, 1.165) is 0 Å². The molecular formula is C15H23N3O. The van der Waals surface area contributed by atoms with Crippen LogP contribution in [-0.4, -0.2) is 11.9 Å². The monoisotopic (exact) mass is 261 g/mol. The van der Waals surface area contributed by atoms with Crippen molar-refractivity contribution in [3.63, 3.8) is 0 Å². The van der Waals surface area contributed by atoms with Crippen LogP contribution in [0.5, 0.6) is 0 Å². The third-order valence-electron chi connectivity index (χ3n) is 4.09. The van der Waals surface area contributed by atoms with E-state index in [1.165, 1.54) is 32.1 Å². The van der Waals surface area contributed by atoms with Gasteiger partial charge in [-0.2, -0.15) is 0 Å². The summed E-state index contributed by atoms with van der Waals surface area (Å²) in [5.41, 5.74) is 13.1. The zero-order valence-electron chi connectivity index (χ0n) is 11.5. The van der Waals surface area contributed by atoms with Gasteiger partial charge in [0.05, 0.1) is 16.9 Å². The number of para-hydroxylation sites is 1. The van der Waals surface area contributed by atoms with Gasteiger partial charge in [0.15, 0.2) is 0 Å². The molecule has 1 aromatic carbocycles. The fraction of sp³-hybridized carbons (Fsp3) is 0.533. The molecule has 19 heavy (non-hydrogen) atoms. The number of carbonyl (C=O) groups excluding carboxylic acids is 1. The van der Waals surface area contributed by atoms with Gasteiger partial charge in [0, 0.05) is 6.04 Å². The highest BCUT2D eigenvalue weighted by molar-refractivity contribution is 6.01. The van der Waals surface area contributed by atoms with Crippen molar-refractivity contribution in [3.05, 3.63) is 23.8 Å². The molecule has 0 aliphatic heterocycles. The second-order valence-electron chi connectivity index (χ2n) is 5.47. The summed E-state index contributed by atoms with van der Waals surface area (Å²) in [6, 6.07) is 5.58. The first kappa shape index (κ1) is 13.7. The molecule has 0 spiro atoms. The Morgan fingerprint density at radius 1 is 1.32 bits per heavy atom. The van der Waals surface area contributed by atoms with E-state index in [1.54, 1.807) is 18.2 Å². The molecule has 1 aliphatic carbocycles. The van der Waals surface area contributed by atoms with Crippen molar-refractivity contribution in [1.82, 2.24) is 0 Å². The molecule has 1 aromatic rings. The van der Waals surface area contributed by atoms with Gasteiger partial charge in [-0.15, -0.1) is 0 Å². The van der Waals surface area contributed by atoms with E-state index in [-0.39, 0.29) is 0 Å². The van der Waals surface area contributed by atoms with Gasteiger partial charge < -0.3 is 16.8 Å². The predicted molar refractivity (Wildman–Crippen MR) is 79.0 cm³/mol. The Kier molecular flexibility index (Phi) is 4.30. The Hall–Kier alpha value is -1.71. The van der Waals surface area contributed by atoms with Gasteiger partial charge in [0.1, 0.15) is 0 Å². The van der Waals surface area contributed by atoms with E-state index < -0.39 is 5.91 Å². The first-order chi connectivity index (χ1) is 9.09. The number of rotatable bonds is 4. The molecule has 1 saturated carbocycles. The highest BCUT2D eigenvalue weighted by Gasteiger charge is 2.22. The molecule has 0 bridgehead atoms. The number of benzene rings is 1. The molecule has 0 heterocycles. The topological polar surface area (TPSA) is 81.1 Å². The maximum atomic E-state index is 11.5. The first-order valence-corrected chi connectivity index (χ1v) is 7.04. The van der Waals surface area contributed by atoms with Crippen molar-refractivity contribution in [3.8, 4) is 0 Å². The number of primary amides is 1. The van der Waals surface area contributed by atoms with Crippen LogP contribution in [0.1, 0.15) is 49.4 Å². The third-order valence-corrected chi connectivity index (χ3v) is 4.09. The lowest BCUT2D eigenvalue weighted by atomic mass is 9.84. The van der Waals surface area contributed by atoms with Gasteiger partial charge in [0.25, 0.3) is 5.91 Å². The van der Waals surface area contributed by atoms with Crippen LogP contribution in [0, 0.1) is 5.92 Å². The number of carbonyl (C=O) groups is 1. The molecule has 5 N–H and O–H groups in total. The number of hydrogen-bond donors (Lipinski definition) is 3. The van der Waals surface area contributed by atoms with Crippen molar-refractivity contribution >= 4 is 17.3 Å². The van der Waals surface area contributed by atoms with E-state index in [0.29, 0.717) is 28.9 Å². The van der Waals surface area contributed by atoms with Crippen LogP contribution >= 0.6 is 0 Å². The highest BCUT2D eigenvalue weighted by atomic mass is 16.1. The van der Waals surface area contributed by atoms with Crippen LogP contribution in [-0.2, 0) is 0 Å². The smallest absolute Gasteiger partial charge is 0.250 e. The second-order valence-corrected chi connectivity index (χ2v) is 5.47. The van der Waals surface area contributed by atoms with Gasteiger partial charge in [0.2, 0.25) is 0 Å². The van der Waals surface area contributed by atoms with Crippen LogP contribution in [0.25, 0.3) is 0 Å². The minimum absolute atomic E-state index is 0.308. The fourth-order valence-corrected chi connectivity index (χ4v) is 2.92. The average molecular weight is 261 g/mol. The minimum atomic E-state index is -0.439. The molecule has 1 aliphatic rings. The van der Waals surface area contributed by atoms with Gasteiger partial charge in [-0.25, -0.2) is 0 Å². The molecule has 4 heteroatoms. The van der Waals surface area contributed by atoms with Crippen molar-refractivity contribution in [1.29, 1.82) is 0 Å².